The van der Waals surface area contributed by atoms with Crippen molar-refractivity contribution < 1.29 is 13.9 Å². The van der Waals surface area contributed by atoms with Crippen molar-refractivity contribution in [3.05, 3.63) is 66.6 Å². The predicted molar refractivity (Wildman–Crippen MR) is 94.6 cm³/mol. The van der Waals surface area contributed by atoms with Gasteiger partial charge >= 0.3 is 0 Å². The van der Waals surface area contributed by atoms with Gasteiger partial charge in [-0.3, -0.25) is 4.98 Å². The van der Waals surface area contributed by atoms with Crippen LogP contribution in [0, 0.1) is 0 Å². The Morgan fingerprint density at radius 3 is 2.72 bits per heavy atom. The lowest BCUT2D eigenvalue weighted by atomic mass is 10.3. The normalized spacial score (nSPS) is 12.0. The lowest BCUT2D eigenvalue weighted by Gasteiger charge is -2.06. The zero-order valence-electron chi connectivity index (χ0n) is 13.7. The lowest BCUT2D eigenvalue weighted by molar-refractivity contribution is 0.301. The average Bonchev–Trinajstić information content (AvgIpc) is 3.07. The van der Waals surface area contributed by atoms with Crippen molar-refractivity contribution in [3.8, 4) is 11.5 Å². The van der Waals surface area contributed by atoms with E-state index in [4.69, 9.17) is 25.4 Å². The average molecular weight is 338 g/mol. The Labute approximate surface area is 144 Å². The highest BCUT2D eigenvalue weighted by Crippen LogP contribution is 2.25. The zero-order chi connectivity index (χ0) is 17.6. The van der Waals surface area contributed by atoms with Gasteiger partial charge in [-0.1, -0.05) is 0 Å². The summed E-state index contributed by atoms with van der Waals surface area (Å²) < 4.78 is 16.5. The summed E-state index contributed by atoms with van der Waals surface area (Å²) in [7, 11) is 1.60. The number of allylic oxidation sites excluding steroid dienone is 2. The molecule has 0 aliphatic heterocycles. The Morgan fingerprint density at radius 2 is 2.04 bits per heavy atom. The van der Waals surface area contributed by atoms with Crippen LogP contribution in [-0.4, -0.2) is 17.1 Å². The molecule has 25 heavy (non-hydrogen) atoms. The Balaban J connectivity index is 1.76. The molecular formula is C18H18N4O3. The van der Waals surface area contributed by atoms with Gasteiger partial charge < -0.3 is 25.4 Å². The summed E-state index contributed by atoms with van der Waals surface area (Å²) in [6.45, 7) is 0.337. The molecule has 0 aliphatic carbocycles. The molecule has 2 aromatic heterocycles. The zero-order valence-corrected chi connectivity index (χ0v) is 13.7. The molecule has 0 unspecified atom stereocenters. The molecule has 7 nitrogen and oxygen atoms in total. The summed E-state index contributed by atoms with van der Waals surface area (Å²) in [6, 6.07) is 9.09. The van der Waals surface area contributed by atoms with Gasteiger partial charge in [0.2, 0.25) is 5.89 Å². The first kappa shape index (κ1) is 16.4. The first-order valence-corrected chi connectivity index (χ1v) is 7.56. The van der Waals surface area contributed by atoms with Crippen LogP contribution in [0.4, 0.5) is 0 Å². The van der Waals surface area contributed by atoms with E-state index in [9.17, 15) is 0 Å². The van der Waals surface area contributed by atoms with E-state index >= 15 is 0 Å². The third kappa shape index (κ3) is 3.72. The van der Waals surface area contributed by atoms with Gasteiger partial charge in [0, 0.05) is 12.3 Å². The Bertz CT molecular complexity index is 914. The fourth-order valence-corrected chi connectivity index (χ4v) is 2.20. The van der Waals surface area contributed by atoms with E-state index in [1.54, 1.807) is 31.5 Å². The van der Waals surface area contributed by atoms with Crippen LogP contribution in [0.25, 0.3) is 16.7 Å². The standard InChI is InChI=1S/C18H18N4O3/c1-23-15-3-2-13(21-10-15)11-24-14-4-5-17-16(8-14)22-18(25-17)12(9-20)6-7-19/h2-10H,11,19-20H2,1H3/b7-6-,12-9+. The third-order valence-corrected chi connectivity index (χ3v) is 3.48. The number of benzene rings is 1. The van der Waals surface area contributed by atoms with Gasteiger partial charge in [-0.2, -0.15) is 0 Å². The van der Waals surface area contributed by atoms with Crippen LogP contribution in [0.2, 0.25) is 0 Å². The second kappa shape index (κ2) is 7.39. The van der Waals surface area contributed by atoms with Gasteiger partial charge in [-0.15, -0.1) is 0 Å². The molecule has 3 rings (SSSR count). The van der Waals surface area contributed by atoms with E-state index in [2.05, 4.69) is 9.97 Å². The number of pyridine rings is 1. The minimum atomic E-state index is 0.337. The molecule has 0 atom stereocenters. The molecule has 7 heteroatoms. The smallest absolute Gasteiger partial charge is 0.228 e. The molecule has 0 bridgehead atoms. The van der Waals surface area contributed by atoms with Crippen molar-refractivity contribution >= 4 is 16.7 Å². The molecule has 0 saturated carbocycles. The van der Waals surface area contributed by atoms with Crippen molar-refractivity contribution in [3.63, 3.8) is 0 Å². The molecule has 2 heterocycles. The van der Waals surface area contributed by atoms with Crippen LogP contribution in [0.5, 0.6) is 11.5 Å². The second-order valence-corrected chi connectivity index (χ2v) is 5.11. The molecule has 0 spiro atoms. The molecule has 0 amide bonds. The van der Waals surface area contributed by atoms with Crippen LogP contribution >= 0.6 is 0 Å². The van der Waals surface area contributed by atoms with Crippen molar-refractivity contribution in [2.75, 3.05) is 7.11 Å². The van der Waals surface area contributed by atoms with Crippen molar-refractivity contribution in [2.24, 2.45) is 11.5 Å². The summed E-state index contributed by atoms with van der Waals surface area (Å²) in [6.07, 6.45) is 6.04. The second-order valence-electron chi connectivity index (χ2n) is 5.11. The largest absolute Gasteiger partial charge is 0.495 e. The fourth-order valence-electron chi connectivity index (χ4n) is 2.20. The minimum Gasteiger partial charge on any atom is -0.495 e. The summed E-state index contributed by atoms with van der Waals surface area (Å²) in [5.74, 6) is 1.77. The summed E-state index contributed by atoms with van der Waals surface area (Å²) in [5.41, 5.74) is 13.7. The van der Waals surface area contributed by atoms with Crippen LogP contribution in [0.3, 0.4) is 0 Å². The molecular weight excluding hydrogens is 320 g/mol. The lowest BCUT2D eigenvalue weighted by Crippen LogP contribution is -1.98. The van der Waals surface area contributed by atoms with Crippen LogP contribution in [-0.2, 0) is 6.61 Å². The summed E-state index contributed by atoms with van der Waals surface area (Å²) in [4.78, 5) is 8.67. The number of fused-ring (bicyclic) bond motifs is 1. The number of aromatic nitrogens is 2. The highest BCUT2D eigenvalue weighted by Gasteiger charge is 2.10. The van der Waals surface area contributed by atoms with Gasteiger partial charge in [0.15, 0.2) is 5.58 Å². The number of ether oxygens (including phenoxy) is 2. The molecule has 4 N–H and O–H groups in total. The maximum Gasteiger partial charge on any atom is 0.228 e. The monoisotopic (exact) mass is 338 g/mol. The number of hydrogen-bond donors (Lipinski definition) is 2. The van der Waals surface area contributed by atoms with E-state index < -0.39 is 0 Å². The van der Waals surface area contributed by atoms with E-state index in [0.29, 0.717) is 40.7 Å². The number of nitrogens with zero attached hydrogens (tertiary/aromatic N) is 2. The predicted octanol–water partition coefficient (Wildman–Crippen LogP) is 2.58. The Morgan fingerprint density at radius 1 is 1.20 bits per heavy atom. The SMILES string of the molecule is COc1ccc(COc2ccc3oc(C(/C=C\N)=C/N)nc3c2)nc1. The van der Waals surface area contributed by atoms with Gasteiger partial charge in [0.25, 0.3) is 0 Å². The highest BCUT2D eigenvalue weighted by atomic mass is 16.5. The molecule has 1 aromatic carbocycles. The molecule has 0 aliphatic rings. The molecule has 0 saturated heterocycles. The number of nitrogens with two attached hydrogens (primary N) is 2. The molecule has 3 aromatic rings. The summed E-state index contributed by atoms with van der Waals surface area (Å²) >= 11 is 0. The van der Waals surface area contributed by atoms with E-state index in [0.717, 1.165) is 5.69 Å². The maximum atomic E-state index is 5.76. The third-order valence-electron chi connectivity index (χ3n) is 3.48. The minimum absolute atomic E-state index is 0.337. The first-order chi connectivity index (χ1) is 12.2. The maximum absolute atomic E-state index is 5.76. The molecule has 0 fully saturated rings. The van der Waals surface area contributed by atoms with Crippen molar-refractivity contribution in [2.45, 2.75) is 6.61 Å². The van der Waals surface area contributed by atoms with Gasteiger partial charge in [-0.05, 0) is 36.5 Å². The highest BCUT2D eigenvalue weighted by molar-refractivity contribution is 5.79. The van der Waals surface area contributed by atoms with E-state index in [1.807, 2.05) is 18.2 Å². The molecule has 128 valence electrons. The molecule has 0 radical (unpaired) electrons. The van der Waals surface area contributed by atoms with Crippen LogP contribution in [0.1, 0.15) is 11.6 Å². The van der Waals surface area contributed by atoms with Gasteiger partial charge in [-0.25, -0.2) is 4.98 Å². The van der Waals surface area contributed by atoms with Crippen LogP contribution < -0.4 is 20.9 Å². The number of methoxy groups -OCH3 is 1. The number of oxazole rings is 1. The van der Waals surface area contributed by atoms with Gasteiger partial charge in [0.1, 0.15) is 23.6 Å². The Kier molecular flexibility index (Phi) is 4.84. The number of rotatable bonds is 6. The quantitative estimate of drug-likeness (QED) is 0.665. The van der Waals surface area contributed by atoms with Crippen molar-refractivity contribution in [1.29, 1.82) is 0 Å². The van der Waals surface area contributed by atoms with Crippen LogP contribution in [0.15, 0.2) is 59.4 Å². The fraction of sp³-hybridized carbons (Fsp3) is 0.111. The topological polar surface area (TPSA) is 109 Å². The van der Waals surface area contributed by atoms with E-state index in [1.165, 1.54) is 12.4 Å². The Hall–Kier alpha value is -3.48. The summed E-state index contributed by atoms with van der Waals surface area (Å²) in [5, 5.41) is 0. The van der Waals surface area contributed by atoms with E-state index in [-0.39, 0.29) is 0 Å². The number of hydrogen-bond acceptors (Lipinski definition) is 7. The van der Waals surface area contributed by atoms with Crippen molar-refractivity contribution in [1.82, 2.24) is 9.97 Å². The first-order valence-electron chi connectivity index (χ1n) is 7.56. The van der Waals surface area contributed by atoms with Gasteiger partial charge in [0.05, 0.1) is 24.6 Å².